The lowest BCUT2D eigenvalue weighted by Gasteiger charge is -2.28. The third-order valence-corrected chi connectivity index (χ3v) is 7.18. The van der Waals surface area contributed by atoms with E-state index in [2.05, 4.69) is 29.8 Å². The van der Waals surface area contributed by atoms with Crippen LogP contribution in [-0.2, 0) is 22.4 Å². The van der Waals surface area contributed by atoms with Crippen LogP contribution in [0.5, 0.6) is 0 Å². The summed E-state index contributed by atoms with van der Waals surface area (Å²) in [6, 6.07) is 9.91. The topological polar surface area (TPSA) is 89.9 Å². The number of aryl methyl sites for hydroxylation is 1. The number of likely N-dealkylation sites (tertiary alicyclic amines) is 1. The first kappa shape index (κ1) is 25.1. The van der Waals surface area contributed by atoms with Gasteiger partial charge in [-0.3, -0.25) is 9.59 Å². The number of aliphatic hydroxyl groups is 2. The zero-order valence-electron chi connectivity index (χ0n) is 19.6. The Kier molecular flexibility index (Phi) is 8.83. The predicted octanol–water partition coefficient (Wildman–Crippen LogP) is 3.31. The fourth-order valence-corrected chi connectivity index (χ4v) is 5.08. The van der Waals surface area contributed by atoms with Gasteiger partial charge >= 0.3 is 0 Å². The van der Waals surface area contributed by atoms with Crippen molar-refractivity contribution in [2.75, 3.05) is 13.1 Å². The van der Waals surface area contributed by atoms with E-state index in [1.807, 2.05) is 38.1 Å². The van der Waals surface area contributed by atoms with E-state index < -0.39 is 24.0 Å². The Bertz CT molecular complexity index is 1000. The zero-order chi connectivity index (χ0) is 24.0. The zero-order valence-corrected chi connectivity index (χ0v) is 20.4. The summed E-state index contributed by atoms with van der Waals surface area (Å²) in [6.45, 7) is 6.94. The highest BCUT2D eigenvalue weighted by Gasteiger charge is 2.38. The van der Waals surface area contributed by atoms with Crippen molar-refractivity contribution < 1.29 is 19.8 Å². The molecule has 1 fully saturated rings. The number of allylic oxidation sites excluding steroid dienone is 2. The van der Waals surface area contributed by atoms with Gasteiger partial charge in [-0.05, 0) is 69.0 Å². The van der Waals surface area contributed by atoms with Crippen molar-refractivity contribution in [1.29, 1.82) is 0 Å². The average molecular weight is 471 g/mol. The molecule has 0 bridgehead atoms. The molecule has 3 atom stereocenters. The Hall–Kier alpha value is -2.48. The molecular weight excluding hydrogens is 436 g/mol. The van der Waals surface area contributed by atoms with Crippen molar-refractivity contribution in [3.63, 3.8) is 0 Å². The third-order valence-electron chi connectivity index (χ3n) is 6.14. The molecule has 178 valence electrons. The summed E-state index contributed by atoms with van der Waals surface area (Å²) in [5, 5.41) is 25.5. The molecule has 1 aromatic heterocycles. The van der Waals surface area contributed by atoms with Crippen LogP contribution in [0.3, 0.4) is 0 Å². The molecule has 1 aliphatic rings. The highest BCUT2D eigenvalue weighted by Crippen LogP contribution is 2.33. The number of amides is 2. The van der Waals surface area contributed by atoms with E-state index in [1.54, 1.807) is 16.2 Å². The molecule has 1 aromatic carbocycles. The van der Waals surface area contributed by atoms with Crippen LogP contribution in [0.2, 0.25) is 0 Å². The molecule has 2 heterocycles. The molecule has 3 N–H and O–H groups in total. The van der Waals surface area contributed by atoms with Crippen molar-refractivity contribution in [1.82, 2.24) is 10.2 Å². The summed E-state index contributed by atoms with van der Waals surface area (Å²) in [5.41, 5.74) is 4.65. The number of thiophene rings is 1. The predicted molar refractivity (Wildman–Crippen MR) is 131 cm³/mol. The molecule has 6 nitrogen and oxygen atoms in total. The number of nitrogens with one attached hydrogen (secondary N) is 1. The Labute approximate surface area is 199 Å². The van der Waals surface area contributed by atoms with Crippen molar-refractivity contribution in [3.8, 4) is 0 Å². The van der Waals surface area contributed by atoms with Gasteiger partial charge in [0.05, 0.1) is 6.04 Å². The quantitative estimate of drug-likeness (QED) is 0.491. The van der Waals surface area contributed by atoms with Crippen LogP contribution in [0.4, 0.5) is 0 Å². The molecule has 1 saturated heterocycles. The van der Waals surface area contributed by atoms with Gasteiger partial charge < -0.3 is 20.4 Å². The third kappa shape index (κ3) is 6.53. The van der Waals surface area contributed by atoms with Crippen molar-refractivity contribution in [2.45, 2.75) is 64.7 Å². The van der Waals surface area contributed by atoms with Crippen LogP contribution in [0, 0.1) is 6.92 Å². The van der Waals surface area contributed by atoms with Gasteiger partial charge in [0.25, 0.3) is 11.8 Å². The lowest BCUT2D eigenvalue weighted by Crippen LogP contribution is -2.50. The molecular formula is C26H34N2O4S. The molecule has 0 saturated carbocycles. The number of nitrogens with zero attached hydrogens (tertiary/aromatic N) is 1. The summed E-state index contributed by atoms with van der Waals surface area (Å²) in [7, 11) is 0. The average Bonchev–Trinajstić information content (AvgIpc) is 3.47. The van der Waals surface area contributed by atoms with Gasteiger partial charge in [0.15, 0.2) is 12.2 Å². The van der Waals surface area contributed by atoms with Crippen molar-refractivity contribution >= 4 is 23.2 Å². The number of hydrogen-bond acceptors (Lipinski definition) is 5. The van der Waals surface area contributed by atoms with E-state index in [-0.39, 0.29) is 6.04 Å². The Morgan fingerprint density at radius 3 is 2.79 bits per heavy atom. The van der Waals surface area contributed by atoms with E-state index in [0.29, 0.717) is 19.5 Å². The van der Waals surface area contributed by atoms with Gasteiger partial charge in [-0.25, -0.2) is 0 Å². The van der Waals surface area contributed by atoms with E-state index >= 15 is 0 Å². The van der Waals surface area contributed by atoms with Gasteiger partial charge in [-0.2, -0.15) is 0 Å². The summed E-state index contributed by atoms with van der Waals surface area (Å²) in [6.07, 6.45) is 1.66. The lowest BCUT2D eigenvalue weighted by atomic mass is 10.0. The minimum atomic E-state index is -1.80. The number of rotatable bonds is 9. The standard InChI is InChI=1S/C26H34N2O4S/c1-4-17(2)13-19-15-21(33-16-19)10-11-27-25(31)23(29)24(30)26(32)28-12-6-9-22(28)20-8-5-7-18(3)14-20/h4-5,7-8,14-16,22-24,29-30H,6,9-13H2,1-3H3,(H,27,31)/t22?,23-,24-/m1/s1. The summed E-state index contributed by atoms with van der Waals surface area (Å²) < 4.78 is 0. The number of benzene rings is 1. The molecule has 0 spiro atoms. The number of carbonyl (C=O) groups excluding carboxylic acids is 2. The minimum Gasteiger partial charge on any atom is -0.380 e. The Balaban J connectivity index is 1.52. The first-order valence-electron chi connectivity index (χ1n) is 11.5. The first-order valence-corrected chi connectivity index (χ1v) is 12.4. The minimum absolute atomic E-state index is 0.151. The van der Waals surface area contributed by atoms with E-state index in [4.69, 9.17) is 0 Å². The summed E-state index contributed by atoms with van der Waals surface area (Å²) in [5.74, 6) is -1.34. The van der Waals surface area contributed by atoms with Crippen LogP contribution in [0.25, 0.3) is 0 Å². The van der Waals surface area contributed by atoms with Gasteiger partial charge in [0.2, 0.25) is 0 Å². The van der Waals surface area contributed by atoms with Gasteiger partial charge in [0, 0.05) is 18.0 Å². The maximum atomic E-state index is 12.9. The molecule has 1 aliphatic heterocycles. The second-order valence-electron chi connectivity index (χ2n) is 8.77. The van der Waals surface area contributed by atoms with Gasteiger partial charge in [-0.15, -0.1) is 11.3 Å². The smallest absolute Gasteiger partial charge is 0.255 e. The van der Waals surface area contributed by atoms with Gasteiger partial charge in [0.1, 0.15) is 0 Å². The van der Waals surface area contributed by atoms with Crippen molar-refractivity contribution in [3.05, 3.63) is 68.9 Å². The molecule has 33 heavy (non-hydrogen) atoms. The normalized spacial score (nSPS) is 18.3. The molecule has 0 aliphatic carbocycles. The molecule has 7 heteroatoms. The maximum Gasteiger partial charge on any atom is 0.255 e. The van der Waals surface area contributed by atoms with Crippen molar-refractivity contribution in [2.24, 2.45) is 0 Å². The second-order valence-corrected chi connectivity index (χ2v) is 9.76. The largest absolute Gasteiger partial charge is 0.380 e. The number of aliphatic hydroxyl groups excluding tert-OH is 2. The Morgan fingerprint density at radius 1 is 1.27 bits per heavy atom. The summed E-state index contributed by atoms with van der Waals surface area (Å²) in [4.78, 5) is 28.0. The van der Waals surface area contributed by atoms with Crippen LogP contribution in [-0.4, -0.2) is 52.2 Å². The van der Waals surface area contributed by atoms with E-state index in [1.165, 1.54) is 11.1 Å². The van der Waals surface area contributed by atoms with Crippen LogP contribution in [0.15, 0.2) is 47.4 Å². The number of carbonyl (C=O) groups is 2. The van der Waals surface area contributed by atoms with Gasteiger partial charge in [-0.1, -0.05) is 41.5 Å². The van der Waals surface area contributed by atoms with E-state index in [0.717, 1.165) is 35.3 Å². The fraction of sp³-hybridized carbons (Fsp3) is 0.462. The first-order chi connectivity index (χ1) is 15.8. The molecule has 2 aromatic rings. The SMILES string of the molecule is CC=C(C)Cc1csc(CCNC(=O)[C@H](O)[C@@H](O)C(=O)N2CCCC2c2cccc(C)c2)c1. The van der Waals surface area contributed by atoms with Crippen LogP contribution in [0.1, 0.15) is 54.3 Å². The number of hydrogen-bond donors (Lipinski definition) is 3. The summed E-state index contributed by atoms with van der Waals surface area (Å²) >= 11 is 1.64. The lowest BCUT2D eigenvalue weighted by molar-refractivity contribution is -0.153. The monoisotopic (exact) mass is 470 g/mol. The highest BCUT2D eigenvalue weighted by atomic mass is 32.1. The fourth-order valence-electron chi connectivity index (χ4n) is 4.19. The Morgan fingerprint density at radius 2 is 2.06 bits per heavy atom. The van der Waals surface area contributed by atoms with Crippen LogP contribution < -0.4 is 5.32 Å². The maximum absolute atomic E-state index is 12.9. The molecule has 1 unspecified atom stereocenters. The molecule has 0 radical (unpaired) electrons. The van der Waals surface area contributed by atoms with E-state index in [9.17, 15) is 19.8 Å². The van der Waals surface area contributed by atoms with Crippen LogP contribution >= 0.6 is 11.3 Å². The molecule has 2 amide bonds. The second kappa shape index (κ2) is 11.6. The molecule has 3 rings (SSSR count). The highest BCUT2D eigenvalue weighted by molar-refractivity contribution is 7.10.